The van der Waals surface area contributed by atoms with Crippen LogP contribution >= 0.6 is 0 Å². The molecule has 0 radical (unpaired) electrons. The van der Waals surface area contributed by atoms with Crippen molar-refractivity contribution in [3.8, 4) is 0 Å². The maximum Gasteiger partial charge on any atom is 0.328 e. The molecule has 1 aromatic rings. The van der Waals surface area contributed by atoms with Crippen LogP contribution < -0.4 is 5.32 Å². The van der Waals surface area contributed by atoms with Gasteiger partial charge in [0.2, 0.25) is 10.0 Å². The van der Waals surface area contributed by atoms with Crippen LogP contribution in [0.4, 0.5) is 0 Å². The molecule has 1 amide bonds. The molecule has 138 valence electrons. The van der Waals surface area contributed by atoms with Crippen LogP contribution in [0.3, 0.4) is 0 Å². The minimum Gasteiger partial charge on any atom is -0.480 e. The van der Waals surface area contributed by atoms with Crippen molar-refractivity contribution in [3.05, 3.63) is 29.3 Å². The zero-order valence-corrected chi connectivity index (χ0v) is 14.9. The standard InChI is InChI=1S/C16H22N2O6S/c1-10-5-6-12(25(23,24)18-7-3-4-8-18)9-13(10)15(20)17-14(11(2)19)16(21)22/h5-6,9,11,14,19H,3-4,7-8H2,1-2H3,(H,17,20)(H,21,22)/t11-,14+/m1/s1. The van der Waals surface area contributed by atoms with Crippen LogP contribution in [0, 0.1) is 6.92 Å². The Morgan fingerprint density at radius 3 is 2.36 bits per heavy atom. The number of hydrogen-bond acceptors (Lipinski definition) is 5. The van der Waals surface area contributed by atoms with Crippen molar-refractivity contribution in [2.45, 2.75) is 43.7 Å². The first-order valence-corrected chi connectivity index (χ1v) is 9.41. The van der Waals surface area contributed by atoms with E-state index in [1.807, 2.05) is 0 Å². The summed E-state index contributed by atoms with van der Waals surface area (Å²) in [4.78, 5) is 23.5. The van der Waals surface area contributed by atoms with Gasteiger partial charge in [-0.15, -0.1) is 0 Å². The van der Waals surface area contributed by atoms with E-state index in [0.29, 0.717) is 18.7 Å². The third-order valence-corrected chi connectivity index (χ3v) is 6.09. The van der Waals surface area contributed by atoms with E-state index < -0.39 is 34.0 Å². The number of carboxylic acid groups (broad SMARTS) is 1. The van der Waals surface area contributed by atoms with Gasteiger partial charge in [-0.05, 0) is 44.4 Å². The molecule has 9 heteroatoms. The second kappa shape index (κ2) is 7.51. The molecule has 0 saturated carbocycles. The molecular weight excluding hydrogens is 348 g/mol. The Bertz CT molecular complexity index is 769. The minimum absolute atomic E-state index is 0.00549. The quantitative estimate of drug-likeness (QED) is 0.663. The molecular formula is C16H22N2O6S. The Balaban J connectivity index is 2.32. The number of amides is 1. The van der Waals surface area contributed by atoms with Crippen molar-refractivity contribution < 1.29 is 28.2 Å². The smallest absolute Gasteiger partial charge is 0.328 e. The van der Waals surface area contributed by atoms with E-state index >= 15 is 0 Å². The molecule has 2 rings (SSSR count). The van der Waals surface area contributed by atoms with E-state index in [9.17, 15) is 23.1 Å². The van der Waals surface area contributed by atoms with E-state index in [1.54, 1.807) is 6.92 Å². The van der Waals surface area contributed by atoms with Crippen LogP contribution in [0.1, 0.15) is 35.7 Å². The van der Waals surface area contributed by atoms with E-state index in [4.69, 9.17) is 5.11 Å². The number of carboxylic acids is 1. The van der Waals surface area contributed by atoms with Gasteiger partial charge in [-0.3, -0.25) is 4.79 Å². The van der Waals surface area contributed by atoms with Crippen LogP contribution in [0.15, 0.2) is 23.1 Å². The summed E-state index contributed by atoms with van der Waals surface area (Å²) in [5.41, 5.74) is 0.569. The molecule has 1 saturated heterocycles. The zero-order chi connectivity index (χ0) is 18.8. The van der Waals surface area contributed by atoms with Gasteiger partial charge in [0, 0.05) is 18.7 Å². The van der Waals surface area contributed by atoms with Gasteiger partial charge in [0.1, 0.15) is 0 Å². The number of nitrogens with zero attached hydrogens (tertiary/aromatic N) is 1. The van der Waals surface area contributed by atoms with Gasteiger partial charge in [-0.1, -0.05) is 6.07 Å². The largest absolute Gasteiger partial charge is 0.480 e. The lowest BCUT2D eigenvalue weighted by atomic mass is 10.1. The minimum atomic E-state index is -3.68. The number of nitrogens with one attached hydrogen (secondary N) is 1. The molecule has 1 heterocycles. The van der Waals surface area contributed by atoms with Crippen molar-refractivity contribution in [1.29, 1.82) is 0 Å². The molecule has 0 aliphatic carbocycles. The van der Waals surface area contributed by atoms with Gasteiger partial charge in [0.15, 0.2) is 6.04 Å². The van der Waals surface area contributed by atoms with Gasteiger partial charge >= 0.3 is 5.97 Å². The van der Waals surface area contributed by atoms with Crippen molar-refractivity contribution >= 4 is 21.9 Å². The summed E-state index contributed by atoms with van der Waals surface area (Å²) in [7, 11) is -3.68. The summed E-state index contributed by atoms with van der Waals surface area (Å²) in [6, 6.07) is 2.71. The maximum absolute atomic E-state index is 12.6. The number of rotatable bonds is 6. The third kappa shape index (κ3) is 4.17. The summed E-state index contributed by atoms with van der Waals surface area (Å²) in [6.45, 7) is 3.77. The Labute approximate surface area is 146 Å². The van der Waals surface area contributed by atoms with E-state index in [2.05, 4.69) is 5.32 Å². The SMILES string of the molecule is Cc1ccc(S(=O)(=O)N2CCCC2)cc1C(=O)N[C@H](C(=O)O)[C@@H](C)O. The van der Waals surface area contributed by atoms with Gasteiger partial charge in [0.05, 0.1) is 11.0 Å². The molecule has 0 aromatic heterocycles. The summed E-state index contributed by atoms with van der Waals surface area (Å²) < 4.78 is 26.6. The summed E-state index contributed by atoms with van der Waals surface area (Å²) in [5, 5.41) is 20.8. The number of aryl methyl sites for hydroxylation is 1. The number of aliphatic hydroxyl groups is 1. The second-order valence-electron chi connectivity index (χ2n) is 6.12. The fraction of sp³-hybridized carbons (Fsp3) is 0.500. The average Bonchev–Trinajstić information content (AvgIpc) is 3.07. The maximum atomic E-state index is 12.6. The number of hydrogen-bond donors (Lipinski definition) is 3. The topological polar surface area (TPSA) is 124 Å². The normalized spacial score (nSPS) is 17.9. The highest BCUT2D eigenvalue weighted by Crippen LogP contribution is 2.23. The van der Waals surface area contributed by atoms with Crippen molar-refractivity contribution in [2.24, 2.45) is 0 Å². The molecule has 0 unspecified atom stereocenters. The number of carbonyl (C=O) groups excluding carboxylic acids is 1. The summed E-state index contributed by atoms with van der Waals surface area (Å²) >= 11 is 0. The number of aliphatic carboxylic acids is 1. The molecule has 1 aliphatic rings. The first-order valence-electron chi connectivity index (χ1n) is 7.97. The van der Waals surface area contributed by atoms with E-state index in [-0.39, 0.29) is 10.5 Å². The second-order valence-corrected chi connectivity index (χ2v) is 8.06. The first-order chi connectivity index (χ1) is 11.6. The molecule has 1 fully saturated rings. The van der Waals surface area contributed by atoms with Crippen LogP contribution in [0.2, 0.25) is 0 Å². The van der Waals surface area contributed by atoms with Crippen LogP contribution in [0.25, 0.3) is 0 Å². The van der Waals surface area contributed by atoms with Gasteiger partial charge in [-0.2, -0.15) is 4.31 Å². The highest BCUT2D eigenvalue weighted by atomic mass is 32.2. The van der Waals surface area contributed by atoms with Gasteiger partial charge < -0.3 is 15.5 Å². The molecule has 2 atom stereocenters. The molecule has 0 bridgehead atoms. The number of carbonyl (C=O) groups is 2. The predicted octanol–water partition coefficient (Wildman–Crippen LogP) is 0.343. The summed E-state index contributed by atoms with van der Waals surface area (Å²) in [6.07, 6.45) is 0.304. The fourth-order valence-electron chi connectivity index (χ4n) is 2.69. The number of sulfonamides is 1. The summed E-state index contributed by atoms with van der Waals surface area (Å²) in [5.74, 6) is -2.12. The zero-order valence-electron chi connectivity index (χ0n) is 14.1. The van der Waals surface area contributed by atoms with Crippen LogP contribution in [-0.2, 0) is 14.8 Å². The number of aliphatic hydroxyl groups excluding tert-OH is 1. The third-order valence-electron chi connectivity index (χ3n) is 4.19. The number of benzene rings is 1. The molecule has 1 aliphatic heterocycles. The Morgan fingerprint density at radius 1 is 1.24 bits per heavy atom. The average molecular weight is 370 g/mol. The van der Waals surface area contributed by atoms with Crippen molar-refractivity contribution in [2.75, 3.05) is 13.1 Å². The first kappa shape index (κ1) is 19.4. The fourth-order valence-corrected chi connectivity index (χ4v) is 4.24. The van der Waals surface area contributed by atoms with E-state index in [0.717, 1.165) is 12.8 Å². The van der Waals surface area contributed by atoms with Crippen molar-refractivity contribution in [3.63, 3.8) is 0 Å². The lowest BCUT2D eigenvalue weighted by Crippen LogP contribution is -2.47. The lowest BCUT2D eigenvalue weighted by molar-refractivity contribution is -0.141. The van der Waals surface area contributed by atoms with Crippen LogP contribution in [0.5, 0.6) is 0 Å². The lowest BCUT2D eigenvalue weighted by Gasteiger charge is -2.19. The Kier molecular flexibility index (Phi) is 5.81. The molecule has 0 spiro atoms. The molecule has 25 heavy (non-hydrogen) atoms. The predicted molar refractivity (Wildman–Crippen MR) is 89.7 cm³/mol. The Hall–Kier alpha value is -1.97. The monoisotopic (exact) mass is 370 g/mol. The molecule has 1 aromatic carbocycles. The van der Waals surface area contributed by atoms with Gasteiger partial charge in [-0.25, -0.2) is 13.2 Å². The Morgan fingerprint density at radius 2 is 1.84 bits per heavy atom. The van der Waals surface area contributed by atoms with Crippen molar-refractivity contribution in [1.82, 2.24) is 9.62 Å². The molecule has 8 nitrogen and oxygen atoms in total. The van der Waals surface area contributed by atoms with Gasteiger partial charge in [0.25, 0.3) is 5.91 Å². The highest BCUT2D eigenvalue weighted by molar-refractivity contribution is 7.89. The highest BCUT2D eigenvalue weighted by Gasteiger charge is 2.29. The van der Waals surface area contributed by atoms with E-state index in [1.165, 1.54) is 29.4 Å². The van der Waals surface area contributed by atoms with Crippen LogP contribution in [-0.4, -0.2) is 60.0 Å². The molecule has 3 N–H and O–H groups in total.